The summed E-state index contributed by atoms with van der Waals surface area (Å²) in [6, 6.07) is 8.37. The highest BCUT2D eigenvalue weighted by Gasteiger charge is 2.25. The van der Waals surface area contributed by atoms with Crippen molar-refractivity contribution in [2.24, 2.45) is 5.92 Å². The maximum absolute atomic E-state index is 13.5. The fraction of sp³-hybridized carbons (Fsp3) is 0.417. The molecule has 1 aromatic carbocycles. The predicted molar refractivity (Wildman–Crippen MR) is 133 cm³/mol. The third kappa shape index (κ3) is 5.02. The van der Waals surface area contributed by atoms with Crippen LogP contribution in [0.4, 0.5) is 9.39 Å². The van der Waals surface area contributed by atoms with Crippen molar-refractivity contribution in [3.8, 4) is 11.8 Å². The Hall–Kier alpha value is -2.74. The predicted octanol–water partition coefficient (Wildman–Crippen LogP) is 4.82. The van der Waals surface area contributed by atoms with Gasteiger partial charge in [0, 0.05) is 10.6 Å². The van der Waals surface area contributed by atoms with Crippen molar-refractivity contribution in [2.75, 3.05) is 25.2 Å². The number of nitrogens with zero attached hydrogens (tertiary/aromatic N) is 5. The molecule has 0 saturated carbocycles. The zero-order chi connectivity index (χ0) is 24.4. The molecule has 0 unspecified atom stereocenters. The van der Waals surface area contributed by atoms with Crippen molar-refractivity contribution < 1.29 is 9.18 Å². The minimum absolute atomic E-state index is 0.0428. The van der Waals surface area contributed by atoms with Crippen molar-refractivity contribution in [1.29, 1.82) is 5.26 Å². The number of thioether (sulfide) groups is 1. The molecule has 7 nitrogen and oxygen atoms in total. The Labute approximate surface area is 207 Å². The maximum atomic E-state index is 13.5. The highest BCUT2D eigenvalue weighted by Crippen LogP contribution is 2.39. The van der Waals surface area contributed by atoms with E-state index in [1.54, 1.807) is 12.1 Å². The number of carbonyl (C=O) groups is 1. The van der Waals surface area contributed by atoms with Crippen LogP contribution in [0, 0.1) is 23.1 Å². The number of rotatable bonds is 7. The van der Waals surface area contributed by atoms with Crippen LogP contribution >= 0.6 is 23.1 Å². The lowest BCUT2D eigenvalue weighted by Crippen LogP contribution is -2.21. The quantitative estimate of drug-likeness (QED) is 0.470. The molecule has 10 heteroatoms. The molecule has 2 aromatic heterocycles. The van der Waals surface area contributed by atoms with E-state index >= 15 is 0 Å². The number of carbonyl (C=O) groups excluding carboxylic acids is 1. The minimum atomic E-state index is -0.325. The summed E-state index contributed by atoms with van der Waals surface area (Å²) in [6.45, 7) is 4.22. The first-order valence-electron chi connectivity index (χ1n) is 11.1. The van der Waals surface area contributed by atoms with E-state index in [0.717, 1.165) is 30.5 Å². The fourth-order valence-electron chi connectivity index (χ4n) is 3.96. The number of thiophene rings is 1. The first kappa shape index (κ1) is 24.4. The van der Waals surface area contributed by atoms with E-state index in [9.17, 15) is 14.4 Å². The molecule has 0 spiro atoms. The largest absolute Gasteiger partial charge is 0.316 e. The summed E-state index contributed by atoms with van der Waals surface area (Å²) in [5.41, 5.74) is 2.42. The number of amides is 1. The van der Waals surface area contributed by atoms with Crippen molar-refractivity contribution in [1.82, 2.24) is 19.7 Å². The molecule has 0 aliphatic heterocycles. The van der Waals surface area contributed by atoms with Gasteiger partial charge in [-0.2, -0.15) is 5.26 Å². The standard InChI is InChI=1S/C24H27FN6OS2/c1-14-5-10-18-19(12-26)23(34-20(18)11-14)27-21(32)13-33-24-29-28-22(15(2)30(3)4)31(24)17-8-6-16(25)7-9-17/h6-9,14-15H,5,10-11,13H2,1-4H3,(H,27,32)/t14-,15-/m0/s1. The van der Waals surface area contributed by atoms with Gasteiger partial charge >= 0.3 is 0 Å². The number of aromatic nitrogens is 3. The first-order valence-corrected chi connectivity index (χ1v) is 12.9. The van der Waals surface area contributed by atoms with Gasteiger partial charge in [0.25, 0.3) is 0 Å². The van der Waals surface area contributed by atoms with Gasteiger partial charge < -0.3 is 5.32 Å². The van der Waals surface area contributed by atoms with E-state index < -0.39 is 0 Å². The van der Waals surface area contributed by atoms with Gasteiger partial charge in [-0.25, -0.2) is 4.39 Å². The molecule has 0 bridgehead atoms. The van der Waals surface area contributed by atoms with Crippen LogP contribution in [-0.4, -0.2) is 45.4 Å². The van der Waals surface area contributed by atoms with Crippen LogP contribution in [0.3, 0.4) is 0 Å². The number of fused-ring (bicyclic) bond motifs is 1. The van der Waals surface area contributed by atoms with Gasteiger partial charge in [0.2, 0.25) is 5.91 Å². The van der Waals surface area contributed by atoms with Gasteiger partial charge in [-0.1, -0.05) is 18.7 Å². The van der Waals surface area contributed by atoms with Crippen molar-refractivity contribution >= 4 is 34.0 Å². The molecule has 1 aliphatic carbocycles. The second kappa shape index (κ2) is 10.3. The Balaban J connectivity index is 1.53. The van der Waals surface area contributed by atoms with Gasteiger partial charge in [0.15, 0.2) is 11.0 Å². The van der Waals surface area contributed by atoms with Gasteiger partial charge in [-0.05, 0) is 76.0 Å². The number of nitrogens with one attached hydrogen (secondary N) is 1. The normalized spacial score (nSPS) is 16.2. The summed E-state index contributed by atoms with van der Waals surface area (Å²) in [6.07, 6.45) is 2.90. The van der Waals surface area contributed by atoms with Crippen LogP contribution in [0.1, 0.15) is 48.1 Å². The SMILES string of the molecule is C[C@H]1CCc2c(sc(NC(=O)CSc3nnc([C@H](C)N(C)C)n3-c3ccc(F)cc3)c2C#N)C1. The Kier molecular flexibility index (Phi) is 7.36. The van der Waals surface area contributed by atoms with Crippen LogP contribution in [-0.2, 0) is 17.6 Å². The zero-order valence-electron chi connectivity index (χ0n) is 19.6. The fourth-order valence-corrected chi connectivity index (χ4v) is 6.10. The Morgan fingerprint density at radius 2 is 2.12 bits per heavy atom. The molecule has 34 heavy (non-hydrogen) atoms. The van der Waals surface area contributed by atoms with Crippen molar-refractivity contribution in [3.63, 3.8) is 0 Å². The molecular formula is C24H27FN6OS2. The number of anilines is 1. The molecule has 178 valence electrons. The van der Waals surface area contributed by atoms with Crippen LogP contribution in [0.5, 0.6) is 0 Å². The van der Waals surface area contributed by atoms with E-state index in [1.807, 2.05) is 30.5 Å². The smallest absolute Gasteiger partial charge is 0.235 e. The Morgan fingerprint density at radius 3 is 2.79 bits per heavy atom. The number of hydrogen-bond acceptors (Lipinski definition) is 7. The van der Waals surface area contributed by atoms with Gasteiger partial charge in [-0.3, -0.25) is 14.3 Å². The summed E-state index contributed by atoms with van der Waals surface area (Å²) in [4.78, 5) is 16.0. The van der Waals surface area contributed by atoms with Crippen LogP contribution in [0.25, 0.3) is 5.69 Å². The lowest BCUT2D eigenvalue weighted by atomic mass is 9.89. The third-order valence-corrected chi connectivity index (χ3v) is 8.20. The Morgan fingerprint density at radius 1 is 1.38 bits per heavy atom. The van der Waals surface area contributed by atoms with E-state index in [4.69, 9.17) is 0 Å². The van der Waals surface area contributed by atoms with Gasteiger partial charge in [-0.15, -0.1) is 21.5 Å². The van der Waals surface area contributed by atoms with E-state index in [1.165, 1.54) is 40.1 Å². The van der Waals surface area contributed by atoms with Crippen LogP contribution in [0.2, 0.25) is 0 Å². The zero-order valence-corrected chi connectivity index (χ0v) is 21.3. The topological polar surface area (TPSA) is 86.8 Å². The second-order valence-corrected chi connectivity index (χ2v) is 10.8. The molecular weight excluding hydrogens is 471 g/mol. The van der Waals surface area contributed by atoms with Crippen molar-refractivity contribution in [3.05, 3.63) is 51.9 Å². The monoisotopic (exact) mass is 498 g/mol. The summed E-state index contributed by atoms with van der Waals surface area (Å²) >= 11 is 2.77. The molecule has 0 fully saturated rings. The molecule has 1 N–H and O–H groups in total. The van der Waals surface area contributed by atoms with Crippen LogP contribution < -0.4 is 5.32 Å². The lowest BCUT2D eigenvalue weighted by molar-refractivity contribution is -0.113. The number of benzene rings is 1. The van der Waals surface area contributed by atoms with Gasteiger partial charge in [0.1, 0.15) is 16.9 Å². The molecule has 1 amide bonds. The Bertz CT molecular complexity index is 1230. The minimum Gasteiger partial charge on any atom is -0.316 e. The van der Waals surface area contributed by atoms with E-state index in [0.29, 0.717) is 27.5 Å². The molecule has 2 atom stereocenters. The average Bonchev–Trinajstić information content (AvgIpc) is 3.37. The average molecular weight is 499 g/mol. The number of halogens is 1. The van der Waals surface area contributed by atoms with Crippen molar-refractivity contribution in [2.45, 2.75) is 44.3 Å². The molecule has 1 aliphatic rings. The molecule has 3 aromatic rings. The summed E-state index contributed by atoms with van der Waals surface area (Å²) in [7, 11) is 3.89. The number of hydrogen-bond donors (Lipinski definition) is 1. The molecule has 0 radical (unpaired) electrons. The maximum Gasteiger partial charge on any atom is 0.235 e. The number of nitriles is 1. The molecule has 2 heterocycles. The third-order valence-electron chi connectivity index (χ3n) is 6.10. The summed E-state index contributed by atoms with van der Waals surface area (Å²) in [5, 5.41) is 22.5. The first-order chi connectivity index (χ1) is 16.3. The van der Waals surface area contributed by atoms with E-state index in [-0.39, 0.29) is 23.5 Å². The highest BCUT2D eigenvalue weighted by molar-refractivity contribution is 7.99. The summed E-state index contributed by atoms with van der Waals surface area (Å²) in [5.74, 6) is 0.872. The molecule has 0 saturated heterocycles. The second-order valence-electron chi connectivity index (χ2n) is 8.80. The molecule has 4 rings (SSSR count). The lowest BCUT2D eigenvalue weighted by Gasteiger charge is -2.20. The highest BCUT2D eigenvalue weighted by atomic mass is 32.2. The van der Waals surface area contributed by atoms with E-state index in [2.05, 4.69) is 28.5 Å². The van der Waals surface area contributed by atoms with Crippen LogP contribution in [0.15, 0.2) is 29.4 Å². The summed E-state index contributed by atoms with van der Waals surface area (Å²) < 4.78 is 15.4. The van der Waals surface area contributed by atoms with Gasteiger partial charge in [0.05, 0.1) is 17.4 Å².